The predicted octanol–water partition coefficient (Wildman–Crippen LogP) is 2.53. The summed E-state index contributed by atoms with van der Waals surface area (Å²) in [7, 11) is 4.17. The molecule has 1 heterocycles. The molecule has 0 saturated carbocycles. The second kappa shape index (κ2) is 7.12. The van der Waals surface area contributed by atoms with Crippen LogP contribution >= 0.6 is 23.1 Å². The number of fused-ring (bicyclic) bond motifs is 1. The maximum absolute atomic E-state index is 4.77. The fourth-order valence-corrected chi connectivity index (χ4v) is 3.33. The molecule has 0 unspecified atom stereocenters. The highest BCUT2D eigenvalue weighted by Crippen LogP contribution is 2.16. The Bertz CT molecular complexity index is 584. The quantitative estimate of drug-likeness (QED) is 0.816. The highest BCUT2D eigenvalue weighted by atomic mass is 32.2. The van der Waals surface area contributed by atoms with Gasteiger partial charge in [0.1, 0.15) is 0 Å². The van der Waals surface area contributed by atoms with Gasteiger partial charge >= 0.3 is 0 Å². The van der Waals surface area contributed by atoms with Crippen molar-refractivity contribution in [3.63, 3.8) is 0 Å². The molecule has 0 aliphatic carbocycles. The third-order valence-corrected chi connectivity index (χ3v) is 4.59. The Balaban J connectivity index is 2.34. The van der Waals surface area contributed by atoms with Crippen LogP contribution in [0.3, 0.4) is 0 Å². The van der Waals surface area contributed by atoms with Gasteiger partial charge in [0, 0.05) is 18.8 Å². The normalized spacial score (nSPS) is 12.7. The molecule has 0 radical (unpaired) electrons. The van der Waals surface area contributed by atoms with Crippen molar-refractivity contribution in [3.05, 3.63) is 29.1 Å². The molecule has 19 heavy (non-hydrogen) atoms. The fraction of sp³-hybridized carbons (Fsp3) is 0.500. The Hall–Kier alpha value is -0.780. The van der Waals surface area contributed by atoms with Crippen molar-refractivity contribution in [1.82, 2.24) is 9.47 Å². The van der Waals surface area contributed by atoms with Crippen LogP contribution in [0, 0.1) is 0 Å². The molecular weight excluding hydrogens is 274 g/mol. The summed E-state index contributed by atoms with van der Waals surface area (Å²) in [4.78, 5) is 8.09. The molecule has 0 atom stereocenters. The lowest BCUT2D eigenvalue weighted by atomic mass is 10.3. The number of thiazole rings is 1. The van der Waals surface area contributed by atoms with Gasteiger partial charge in [0.25, 0.3) is 0 Å². The number of para-hydroxylation sites is 1. The number of aryl methyl sites for hydroxylation is 1. The summed E-state index contributed by atoms with van der Waals surface area (Å²) in [5.74, 6) is 1.13. The largest absolute Gasteiger partial charge is 0.316 e. The SMILES string of the molecule is CSCCn1c(=NCCN(C)C)sc2ccccc21. The molecule has 0 saturated heterocycles. The van der Waals surface area contributed by atoms with Gasteiger partial charge in [0.05, 0.1) is 16.8 Å². The molecule has 2 aromatic rings. The van der Waals surface area contributed by atoms with Gasteiger partial charge in [0.2, 0.25) is 0 Å². The Morgan fingerprint density at radius 3 is 2.84 bits per heavy atom. The molecule has 1 aromatic heterocycles. The van der Waals surface area contributed by atoms with Crippen LogP contribution in [0.1, 0.15) is 0 Å². The van der Waals surface area contributed by atoms with Crippen molar-refractivity contribution in [2.24, 2.45) is 4.99 Å². The molecule has 3 nitrogen and oxygen atoms in total. The molecule has 0 aliphatic heterocycles. The number of hydrogen-bond donors (Lipinski definition) is 0. The number of likely N-dealkylation sites (N-methyl/N-ethyl adjacent to an activating group) is 1. The standard InChI is InChI=1S/C14H21N3S2/c1-16(2)9-8-15-14-17(10-11-18-3)12-6-4-5-7-13(12)19-14/h4-7H,8-11H2,1-3H3. The topological polar surface area (TPSA) is 20.5 Å². The van der Waals surface area contributed by atoms with Crippen molar-refractivity contribution in [2.75, 3.05) is 39.2 Å². The number of aromatic nitrogens is 1. The molecule has 0 amide bonds. The average molecular weight is 295 g/mol. The zero-order chi connectivity index (χ0) is 13.7. The van der Waals surface area contributed by atoms with Crippen molar-refractivity contribution in [2.45, 2.75) is 6.54 Å². The van der Waals surface area contributed by atoms with Gasteiger partial charge in [-0.15, -0.1) is 0 Å². The number of hydrogen-bond acceptors (Lipinski definition) is 4. The minimum absolute atomic E-state index is 0.860. The summed E-state index contributed by atoms with van der Waals surface area (Å²) in [6, 6.07) is 8.58. The molecule has 0 spiro atoms. The molecule has 0 bridgehead atoms. The van der Waals surface area contributed by atoms with E-state index >= 15 is 0 Å². The van der Waals surface area contributed by atoms with Crippen LogP contribution in [0.4, 0.5) is 0 Å². The van der Waals surface area contributed by atoms with Crippen LogP contribution < -0.4 is 4.80 Å². The molecule has 0 N–H and O–H groups in total. The second-order valence-corrected chi connectivity index (χ2v) is 6.68. The number of rotatable bonds is 6. The highest BCUT2D eigenvalue weighted by Gasteiger charge is 2.04. The van der Waals surface area contributed by atoms with E-state index in [2.05, 4.69) is 54.1 Å². The number of thioether (sulfide) groups is 1. The summed E-state index contributed by atoms with van der Waals surface area (Å²) >= 11 is 3.67. The maximum atomic E-state index is 4.77. The zero-order valence-corrected chi connectivity index (χ0v) is 13.4. The van der Waals surface area contributed by atoms with E-state index in [0.717, 1.165) is 30.2 Å². The van der Waals surface area contributed by atoms with Crippen molar-refractivity contribution in [3.8, 4) is 0 Å². The van der Waals surface area contributed by atoms with Gasteiger partial charge in [-0.2, -0.15) is 11.8 Å². The first-order valence-electron chi connectivity index (χ1n) is 6.45. The summed E-state index contributed by atoms with van der Waals surface area (Å²) in [5, 5.41) is 0. The predicted molar refractivity (Wildman–Crippen MR) is 87.2 cm³/mol. The Morgan fingerprint density at radius 1 is 1.32 bits per heavy atom. The van der Waals surface area contributed by atoms with E-state index in [-0.39, 0.29) is 0 Å². The maximum Gasteiger partial charge on any atom is 0.185 e. The van der Waals surface area contributed by atoms with Crippen molar-refractivity contribution >= 4 is 33.3 Å². The highest BCUT2D eigenvalue weighted by molar-refractivity contribution is 7.98. The van der Waals surface area contributed by atoms with Crippen LogP contribution in [-0.4, -0.2) is 48.7 Å². The molecule has 1 aromatic carbocycles. The Kier molecular flexibility index (Phi) is 5.48. The molecule has 2 rings (SSSR count). The minimum atomic E-state index is 0.860. The van der Waals surface area contributed by atoms with Crippen LogP contribution in [0.25, 0.3) is 10.2 Å². The van der Waals surface area contributed by atoms with Gasteiger partial charge in [-0.05, 0) is 32.5 Å². The summed E-state index contributed by atoms with van der Waals surface area (Å²) in [6.07, 6.45) is 2.15. The third-order valence-electron chi connectivity index (χ3n) is 2.90. The van der Waals surface area contributed by atoms with Crippen molar-refractivity contribution < 1.29 is 0 Å². The zero-order valence-electron chi connectivity index (χ0n) is 11.8. The van der Waals surface area contributed by atoms with Gasteiger partial charge < -0.3 is 9.47 Å². The van der Waals surface area contributed by atoms with E-state index in [1.54, 1.807) is 11.3 Å². The number of nitrogens with zero attached hydrogens (tertiary/aromatic N) is 3. The summed E-state index contributed by atoms with van der Waals surface area (Å²) in [6.45, 7) is 2.89. The van der Waals surface area contributed by atoms with E-state index in [0.29, 0.717) is 0 Å². The lowest BCUT2D eigenvalue weighted by Gasteiger charge is -2.06. The van der Waals surface area contributed by atoms with Gasteiger partial charge in [0.15, 0.2) is 4.80 Å². The molecule has 0 aliphatic rings. The lowest BCUT2D eigenvalue weighted by molar-refractivity contribution is 0.418. The van der Waals surface area contributed by atoms with Gasteiger partial charge in [-0.25, -0.2) is 0 Å². The first kappa shape index (κ1) is 14.6. The first-order valence-corrected chi connectivity index (χ1v) is 8.66. The van der Waals surface area contributed by atoms with Crippen LogP contribution in [-0.2, 0) is 6.54 Å². The molecular formula is C14H21N3S2. The Morgan fingerprint density at radius 2 is 2.11 bits per heavy atom. The number of benzene rings is 1. The Labute approximate surface area is 123 Å². The van der Waals surface area contributed by atoms with E-state index in [1.807, 2.05) is 11.8 Å². The second-order valence-electron chi connectivity index (χ2n) is 4.68. The molecule has 0 fully saturated rings. The van der Waals surface area contributed by atoms with E-state index in [1.165, 1.54) is 10.2 Å². The lowest BCUT2D eigenvalue weighted by Crippen LogP contribution is -2.20. The molecule has 104 valence electrons. The summed E-state index contributed by atoms with van der Waals surface area (Å²) in [5.41, 5.74) is 1.31. The van der Waals surface area contributed by atoms with Crippen molar-refractivity contribution in [1.29, 1.82) is 0 Å². The van der Waals surface area contributed by atoms with E-state index in [9.17, 15) is 0 Å². The monoisotopic (exact) mass is 295 g/mol. The smallest absolute Gasteiger partial charge is 0.185 e. The van der Waals surface area contributed by atoms with Gasteiger partial charge in [-0.1, -0.05) is 23.5 Å². The van der Waals surface area contributed by atoms with Crippen LogP contribution in [0.2, 0.25) is 0 Å². The first-order chi connectivity index (χ1) is 9.22. The fourth-order valence-electron chi connectivity index (χ4n) is 1.88. The van der Waals surface area contributed by atoms with E-state index in [4.69, 9.17) is 4.99 Å². The van der Waals surface area contributed by atoms with E-state index < -0.39 is 0 Å². The minimum Gasteiger partial charge on any atom is -0.316 e. The van der Waals surface area contributed by atoms with Gasteiger partial charge in [-0.3, -0.25) is 4.99 Å². The third kappa shape index (κ3) is 3.84. The average Bonchev–Trinajstić information content (AvgIpc) is 2.74. The van der Waals surface area contributed by atoms with Crippen LogP contribution in [0.5, 0.6) is 0 Å². The van der Waals surface area contributed by atoms with Crippen LogP contribution in [0.15, 0.2) is 29.3 Å². The summed E-state index contributed by atoms with van der Waals surface area (Å²) < 4.78 is 3.68. The molecule has 5 heteroatoms.